The van der Waals surface area contributed by atoms with Gasteiger partial charge in [0.05, 0.1) is 5.92 Å². The maximum absolute atomic E-state index is 13.9. The van der Waals surface area contributed by atoms with Gasteiger partial charge in [0.25, 0.3) is 0 Å². The van der Waals surface area contributed by atoms with Gasteiger partial charge in [-0.05, 0) is 61.4 Å². The zero-order valence-corrected chi connectivity index (χ0v) is 21.7. The molecule has 2 amide bonds. The zero-order chi connectivity index (χ0) is 24.8. The molecule has 2 aromatic carbocycles. The normalized spacial score (nSPS) is 15.4. The van der Waals surface area contributed by atoms with Gasteiger partial charge in [-0.25, -0.2) is 0 Å². The van der Waals surface area contributed by atoms with E-state index >= 15 is 0 Å². The van der Waals surface area contributed by atoms with Gasteiger partial charge in [-0.15, -0.1) is 0 Å². The molecule has 2 atom stereocenters. The van der Waals surface area contributed by atoms with Crippen LogP contribution in [0.4, 0.5) is 11.4 Å². The van der Waals surface area contributed by atoms with Crippen LogP contribution in [0, 0.1) is 11.8 Å². The van der Waals surface area contributed by atoms with Crippen molar-refractivity contribution in [1.82, 2.24) is 4.90 Å². The van der Waals surface area contributed by atoms with Crippen LogP contribution in [-0.4, -0.2) is 36.9 Å². The van der Waals surface area contributed by atoms with Crippen LogP contribution in [0.15, 0.2) is 48.5 Å². The number of hydrogen-bond donors (Lipinski definition) is 1. The lowest BCUT2D eigenvalue weighted by molar-refractivity contribution is -0.136. The molecule has 0 saturated heterocycles. The van der Waals surface area contributed by atoms with Gasteiger partial charge in [0, 0.05) is 44.0 Å². The summed E-state index contributed by atoms with van der Waals surface area (Å²) in [6.45, 7) is 9.04. The first kappa shape index (κ1) is 25.8. The summed E-state index contributed by atoms with van der Waals surface area (Å²) in [4.78, 5) is 30.6. The highest BCUT2D eigenvalue weighted by Gasteiger charge is 2.30. The second-order valence-electron chi connectivity index (χ2n) is 10.2. The summed E-state index contributed by atoms with van der Waals surface area (Å²) in [5, 5.41) is 3.10. The van der Waals surface area contributed by atoms with Gasteiger partial charge in [-0.3, -0.25) is 9.59 Å². The Labute approximate surface area is 205 Å². The van der Waals surface area contributed by atoms with Gasteiger partial charge in [0.1, 0.15) is 0 Å². The van der Waals surface area contributed by atoms with Crippen LogP contribution in [0.2, 0.25) is 0 Å². The van der Waals surface area contributed by atoms with E-state index in [1.807, 2.05) is 67.5 Å². The second kappa shape index (κ2) is 11.5. The SMILES string of the molecule is CC[C@@H](C(=O)N(Cc1cc(NC(=O)C2CCC2)ccc1N(C)C)[C@H](C)C(C)C)c1ccccc1. The van der Waals surface area contributed by atoms with Gasteiger partial charge in [-0.1, -0.05) is 57.5 Å². The minimum atomic E-state index is -0.174. The fourth-order valence-corrected chi connectivity index (χ4v) is 4.55. The van der Waals surface area contributed by atoms with E-state index in [-0.39, 0.29) is 29.7 Å². The molecule has 1 aliphatic rings. The molecule has 0 radical (unpaired) electrons. The summed E-state index contributed by atoms with van der Waals surface area (Å²) in [5.41, 5.74) is 3.96. The molecule has 0 unspecified atom stereocenters. The third-order valence-electron chi connectivity index (χ3n) is 7.29. The van der Waals surface area contributed by atoms with Gasteiger partial charge in [0.2, 0.25) is 11.8 Å². The summed E-state index contributed by atoms with van der Waals surface area (Å²) in [5.74, 6) is 0.539. The van der Waals surface area contributed by atoms with Crippen molar-refractivity contribution in [2.45, 2.75) is 71.9 Å². The van der Waals surface area contributed by atoms with Crippen LogP contribution >= 0.6 is 0 Å². The molecular weight excluding hydrogens is 422 g/mol. The van der Waals surface area contributed by atoms with Crippen LogP contribution in [0.25, 0.3) is 0 Å². The second-order valence-corrected chi connectivity index (χ2v) is 10.2. The Morgan fingerprint density at radius 1 is 1.03 bits per heavy atom. The Morgan fingerprint density at radius 3 is 2.24 bits per heavy atom. The smallest absolute Gasteiger partial charge is 0.230 e. The Balaban J connectivity index is 1.93. The van der Waals surface area contributed by atoms with Crippen molar-refractivity contribution >= 4 is 23.2 Å². The Hall–Kier alpha value is -2.82. The average Bonchev–Trinajstić information content (AvgIpc) is 2.76. The number of hydrogen-bond acceptors (Lipinski definition) is 3. The average molecular weight is 464 g/mol. The van der Waals surface area contributed by atoms with Crippen molar-refractivity contribution in [3.8, 4) is 0 Å². The van der Waals surface area contributed by atoms with E-state index in [1.165, 1.54) is 0 Å². The minimum absolute atomic E-state index is 0.0773. The third kappa shape index (κ3) is 5.99. The molecule has 1 aliphatic carbocycles. The first-order valence-electron chi connectivity index (χ1n) is 12.7. The van der Waals surface area contributed by atoms with E-state index in [0.717, 1.165) is 48.2 Å². The van der Waals surface area contributed by atoms with E-state index in [2.05, 4.69) is 37.9 Å². The number of benzene rings is 2. The van der Waals surface area contributed by atoms with E-state index in [4.69, 9.17) is 0 Å². The molecule has 1 N–H and O–H groups in total. The van der Waals surface area contributed by atoms with Crippen LogP contribution < -0.4 is 10.2 Å². The molecule has 5 nitrogen and oxygen atoms in total. The number of carbonyl (C=O) groups excluding carboxylic acids is 2. The highest BCUT2D eigenvalue weighted by atomic mass is 16.2. The van der Waals surface area contributed by atoms with Crippen LogP contribution in [0.5, 0.6) is 0 Å². The van der Waals surface area contributed by atoms with Crippen molar-refractivity contribution in [1.29, 1.82) is 0 Å². The number of nitrogens with zero attached hydrogens (tertiary/aromatic N) is 2. The van der Waals surface area contributed by atoms with Gasteiger partial charge < -0.3 is 15.1 Å². The lowest BCUT2D eigenvalue weighted by Crippen LogP contribution is -2.43. The molecule has 2 aromatic rings. The predicted molar refractivity (Wildman–Crippen MR) is 141 cm³/mol. The molecule has 34 heavy (non-hydrogen) atoms. The molecule has 0 heterocycles. The molecule has 0 aliphatic heterocycles. The summed E-state index contributed by atoms with van der Waals surface area (Å²) in [6, 6.07) is 16.2. The van der Waals surface area contributed by atoms with Crippen LogP contribution in [0.1, 0.15) is 70.4 Å². The largest absolute Gasteiger partial charge is 0.377 e. The Bertz CT molecular complexity index is 967. The first-order valence-corrected chi connectivity index (χ1v) is 12.7. The number of amides is 2. The Morgan fingerprint density at radius 2 is 1.71 bits per heavy atom. The molecule has 0 aromatic heterocycles. The van der Waals surface area contributed by atoms with Gasteiger partial charge >= 0.3 is 0 Å². The fraction of sp³-hybridized carbons (Fsp3) is 0.517. The number of carbonyl (C=O) groups is 2. The quantitative estimate of drug-likeness (QED) is 0.466. The standard InChI is InChI=1S/C29H41N3O2/c1-7-26(22-12-9-8-10-13-22)29(34)32(21(4)20(2)3)19-24-18-25(16-17-27(24)31(5)6)30-28(33)23-14-11-15-23/h8-10,12-13,16-18,20-21,23,26H,7,11,14-15,19H2,1-6H3,(H,30,33)/t21-,26-/m1/s1. The summed E-state index contributed by atoms with van der Waals surface area (Å²) >= 11 is 0. The predicted octanol–water partition coefficient (Wildman–Crippen LogP) is 6.06. The van der Waals surface area contributed by atoms with E-state index in [9.17, 15) is 9.59 Å². The van der Waals surface area contributed by atoms with Crippen LogP contribution in [-0.2, 0) is 16.1 Å². The topological polar surface area (TPSA) is 52.7 Å². The molecule has 0 spiro atoms. The monoisotopic (exact) mass is 463 g/mol. The molecule has 5 heteroatoms. The lowest BCUT2D eigenvalue weighted by Gasteiger charge is -2.36. The van der Waals surface area contributed by atoms with Gasteiger partial charge in [-0.2, -0.15) is 0 Å². The van der Waals surface area contributed by atoms with Crippen molar-refractivity contribution in [3.05, 3.63) is 59.7 Å². The van der Waals surface area contributed by atoms with Crippen molar-refractivity contribution in [3.63, 3.8) is 0 Å². The highest BCUT2D eigenvalue weighted by molar-refractivity contribution is 5.93. The van der Waals surface area contributed by atoms with E-state index in [0.29, 0.717) is 12.5 Å². The fourth-order valence-electron chi connectivity index (χ4n) is 4.55. The summed E-state index contributed by atoms with van der Waals surface area (Å²) in [7, 11) is 4.03. The molecule has 184 valence electrons. The van der Waals surface area contributed by atoms with Gasteiger partial charge in [0.15, 0.2) is 0 Å². The van der Waals surface area contributed by atoms with Crippen molar-refractivity contribution in [2.24, 2.45) is 11.8 Å². The molecule has 0 bridgehead atoms. The highest BCUT2D eigenvalue weighted by Crippen LogP contribution is 2.31. The molecule has 1 saturated carbocycles. The molecular formula is C29H41N3O2. The first-order chi connectivity index (χ1) is 16.2. The molecule has 3 rings (SSSR count). The molecule has 1 fully saturated rings. The number of nitrogens with one attached hydrogen (secondary N) is 1. The Kier molecular flexibility index (Phi) is 8.76. The number of anilines is 2. The van der Waals surface area contributed by atoms with Crippen molar-refractivity contribution < 1.29 is 9.59 Å². The minimum Gasteiger partial charge on any atom is -0.377 e. The lowest BCUT2D eigenvalue weighted by atomic mass is 9.85. The zero-order valence-electron chi connectivity index (χ0n) is 21.7. The maximum atomic E-state index is 13.9. The maximum Gasteiger partial charge on any atom is 0.230 e. The van der Waals surface area contributed by atoms with Crippen LogP contribution in [0.3, 0.4) is 0 Å². The third-order valence-corrected chi connectivity index (χ3v) is 7.29. The number of rotatable bonds is 10. The summed E-state index contributed by atoms with van der Waals surface area (Å²) < 4.78 is 0. The van der Waals surface area contributed by atoms with Crippen molar-refractivity contribution in [2.75, 3.05) is 24.3 Å². The van der Waals surface area contributed by atoms with E-state index in [1.54, 1.807) is 0 Å². The van der Waals surface area contributed by atoms with E-state index < -0.39 is 0 Å². The summed E-state index contributed by atoms with van der Waals surface area (Å²) in [6.07, 6.45) is 3.83.